The summed E-state index contributed by atoms with van der Waals surface area (Å²) >= 11 is 0. The lowest BCUT2D eigenvalue weighted by Gasteiger charge is -2.09. The molecule has 6 heteroatoms. The molecule has 0 aliphatic carbocycles. The Hall–Kier alpha value is -2.34. The van der Waals surface area contributed by atoms with Gasteiger partial charge in [-0.25, -0.2) is 0 Å². The maximum absolute atomic E-state index is 12.4. The summed E-state index contributed by atoms with van der Waals surface area (Å²) in [5.74, 6) is 1.07. The zero-order valence-corrected chi connectivity index (χ0v) is 14.5. The van der Waals surface area contributed by atoms with E-state index in [1.54, 1.807) is 30.5 Å². The summed E-state index contributed by atoms with van der Waals surface area (Å²) in [4.78, 5) is 12.4. The average Bonchev–Trinajstić information content (AvgIpc) is 2.93. The standard InChI is InChI=1S/C18H25N3O3/c1-13(2)8-9-21-14(3)17(12-19-21)18(23)20-15-4-6-16(7-5-15)24-11-10-22/h4-7,12-13,22H,8-11H2,1-3H3,(H,20,23). The first kappa shape index (κ1) is 18.0. The lowest BCUT2D eigenvalue weighted by atomic mass is 10.1. The van der Waals surface area contributed by atoms with Gasteiger partial charge < -0.3 is 15.2 Å². The van der Waals surface area contributed by atoms with Crippen LogP contribution in [-0.4, -0.2) is 34.0 Å². The van der Waals surface area contributed by atoms with Crippen molar-refractivity contribution < 1.29 is 14.6 Å². The number of hydrogen-bond donors (Lipinski definition) is 2. The molecule has 2 aromatic rings. The van der Waals surface area contributed by atoms with Crippen molar-refractivity contribution in [1.29, 1.82) is 0 Å². The Balaban J connectivity index is 1.99. The average molecular weight is 331 g/mol. The van der Waals surface area contributed by atoms with Crippen molar-refractivity contribution in [3.05, 3.63) is 41.7 Å². The minimum Gasteiger partial charge on any atom is -0.491 e. The van der Waals surface area contributed by atoms with Crippen molar-refractivity contribution >= 4 is 11.6 Å². The molecule has 6 nitrogen and oxygen atoms in total. The molecule has 2 N–H and O–H groups in total. The number of aliphatic hydroxyl groups excluding tert-OH is 1. The van der Waals surface area contributed by atoms with Crippen LogP contribution in [0.2, 0.25) is 0 Å². The van der Waals surface area contributed by atoms with E-state index in [1.807, 2.05) is 11.6 Å². The molecule has 1 aromatic carbocycles. The smallest absolute Gasteiger partial charge is 0.259 e. The Kier molecular flexibility index (Phi) is 6.37. The summed E-state index contributed by atoms with van der Waals surface area (Å²) in [6, 6.07) is 7.04. The summed E-state index contributed by atoms with van der Waals surface area (Å²) in [6.07, 6.45) is 2.64. The van der Waals surface area contributed by atoms with Crippen molar-refractivity contribution in [2.75, 3.05) is 18.5 Å². The molecule has 0 aliphatic heterocycles. The number of carbonyl (C=O) groups is 1. The number of aryl methyl sites for hydroxylation is 1. The van der Waals surface area contributed by atoms with Crippen molar-refractivity contribution in [1.82, 2.24) is 9.78 Å². The molecule has 1 heterocycles. The molecule has 2 rings (SSSR count). The Labute approximate surface area is 142 Å². The Morgan fingerprint density at radius 1 is 1.33 bits per heavy atom. The third-order valence-corrected chi connectivity index (χ3v) is 3.74. The molecule has 0 spiro atoms. The van der Waals surface area contributed by atoms with E-state index in [4.69, 9.17) is 9.84 Å². The van der Waals surface area contributed by atoms with Gasteiger partial charge in [0.25, 0.3) is 5.91 Å². The highest BCUT2D eigenvalue weighted by Crippen LogP contribution is 2.17. The summed E-state index contributed by atoms with van der Waals surface area (Å²) in [6.45, 7) is 7.28. The number of amides is 1. The Bertz CT molecular complexity index is 663. The lowest BCUT2D eigenvalue weighted by molar-refractivity contribution is 0.102. The van der Waals surface area contributed by atoms with Crippen LogP contribution in [0.15, 0.2) is 30.5 Å². The van der Waals surface area contributed by atoms with Crippen LogP contribution >= 0.6 is 0 Å². The predicted octanol–water partition coefficient (Wildman–Crippen LogP) is 2.86. The van der Waals surface area contributed by atoms with Crippen LogP contribution in [0.25, 0.3) is 0 Å². The van der Waals surface area contributed by atoms with Crippen LogP contribution in [0, 0.1) is 12.8 Å². The van der Waals surface area contributed by atoms with Gasteiger partial charge in [0.2, 0.25) is 0 Å². The van der Waals surface area contributed by atoms with Crippen LogP contribution in [0.3, 0.4) is 0 Å². The molecule has 0 aliphatic rings. The van der Waals surface area contributed by atoms with Crippen molar-refractivity contribution in [2.24, 2.45) is 5.92 Å². The van der Waals surface area contributed by atoms with Gasteiger partial charge in [0.15, 0.2) is 0 Å². The molecular weight excluding hydrogens is 306 g/mol. The number of ether oxygens (including phenoxy) is 1. The van der Waals surface area contributed by atoms with Gasteiger partial charge in [-0.2, -0.15) is 5.10 Å². The first-order valence-corrected chi connectivity index (χ1v) is 8.18. The second kappa shape index (κ2) is 8.49. The molecular formula is C18H25N3O3. The fraction of sp³-hybridized carbons (Fsp3) is 0.444. The van der Waals surface area contributed by atoms with Gasteiger partial charge in [-0.1, -0.05) is 13.8 Å². The Morgan fingerprint density at radius 3 is 2.67 bits per heavy atom. The maximum Gasteiger partial charge on any atom is 0.259 e. The number of nitrogens with one attached hydrogen (secondary N) is 1. The monoisotopic (exact) mass is 331 g/mol. The molecule has 1 aromatic heterocycles. The fourth-order valence-corrected chi connectivity index (χ4v) is 2.27. The van der Waals surface area contributed by atoms with Crippen LogP contribution in [-0.2, 0) is 6.54 Å². The fourth-order valence-electron chi connectivity index (χ4n) is 2.27. The van der Waals surface area contributed by atoms with Gasteiger partial charge in [-0.05, 0) is 43.5 Å². The highest BCUT2D eigenvalue weighted by Gasteiger charge is 2.14. The quantitative estimate of drug-likeness (QED) is 0.780. The van der Waals surface area contributed by atoms with E-state index in [2.05, 4.69) is 24.3 Å². The normalized spacial score (nSPS) is 10.9. The Morgan fingerprint density at radius 2 is 2.04 bits per heavy atom. The van der Waals surface area contributed by atoms with Gasteiger partial charge in [-0.15, -0.1) is 0 Å². The highest BCUT2D eigenvalue weighted by atomic mass is 16.5. The van der Waals surface area contributed by atoms with E-state index in [0.29, 0.717) is 22.9 Å². The number of aromatic nitrogens is 2. The lowest BCUT2D eigenvalue weighted by Crippen LogP contribution is -2.13. The van der Waals surface area contributed by atoms with Gasteiger partial charge in [0, 0.05) is 17.9 Å². The molecule has 0 fully saturated rings. The molecule has 0 saturated carbocycles. The summed E-state index contributed by atoms with van der Waals surface area (Å²) in [5.41, 5.74) is 2.14. The number of rotatable bonds is 8. The molecule has 0 atom stereocenters. The second-order valence-corrected chi connectivity index (χ2v) is 6.10. The van der Waals surface area contributed by atoms with Crippen molar-refractivity contribution in [3.63, 3.8) is 0 Å². The van der Waals surface area contributed by atoms with Gasteiger partial charge in [0.1, 0.15) is 12.4 Å². The minimum atomic E-state index is -0.174. The molecule has 0 radical (unpaired) electrons. The van der Waals surface area contributed by atoms with E-state index in [-0.39, 0.29) is 19.1 Å². The zero-order chi connectivity index (χ0) is 17.5. The van der Waals surface area contributed by atoms with Gasteiger partial charge in [-0.3, -0.25) is 9.48 Å². The number of aliphatic hydroxyl groups is 1. The highest BCUT2D eigenvalue weighted by molar-refractivity contribution is 6.04. The third kappa shape index (κ3) is 4.83. The number of carbonyl (C=O) groups excluding carboxylic acids is 1. The number of hydrogen-bond acceptors (Lipinski definition) is 4. The maximum atomic E-state index is 12.4. The largest absolute Gasteiger partial charge is 0.491 e. The molecule has 0 bridgehead atoms. The van der Waals surface area contributed by atoms with Gasteiger partial charge in [0.05, 0.1) is 18.4 Å². The molecule has 0 unspecified atom stereocenters. The van der Waals surface area contributed by atoms with Crippen molar-refractivity contribution in [3.8, 4) is 5.75 Å². The van der Waals surface area contributed by atoms with Crippen molar-refractivity contribution in [2.45, 2.75) is 33.7 Å². The van der Waals surface area contributed by atoms with E-state index >= 15 is 0 Å². The first-order chi connectivity index (χ1) is 11.5. The molecule has 0 saturated heterocycles. The van der Waals surface area contributed by atoms with Crippen LogP contribution in [0.5, 0.6) is 5.75 Å². The predicted molar refractivity (Wildman–Crippen MR) is 93.4 cm³/mol. The van der Waals surface area contributed by atoms with E-state index in [9.17, 15) is 4.79 Å². The number of nitrogens with zero attached hydrogens (tertiary/aromatic N) is 2. The molecule has 24 heavy (non-hydrogen) atoms. The van der Waals surface area contributed by atoms with Crippen LogP contribution < -0.4 is 10.1 Å². The topological polar surface area (TPSA) is 76.4 Å². The van der Waals surface area contributed by atoms with Crippen LogP contribution in [0.1, 0.15) is 36.3 Å². The zero-order valence-electron chi connectivity index (χ0n) is 14.5. The first-order valence-electron chi connectivity index (χ1n) is 8.18. The van der Waals surface area contributed by atoms with Crippen LogP contribution in [0.4, 0.5) is 5.69 Å². The summed E-state index contributed by atoms with van der Waals surface area (Å²) < 4.78 is 7.17. The molecule has 1 amide bonds. The molecule has 130 valence electrons. The number of anilines is 1. The van der Waals surface area contributed by atoms with E-state index in [1.165, 1.54) is 0 Å². The van der Waals surface area contributed by atoms with E-state index in [0.717, 1.165) is 18.7 Å². The number of benzene rings is 1. The van der Waals surface area contributed by atoms with E-state index < -0.39 is 0 Å². The minimum absolute atomic E-state index is 0.0292. The van der Waals surface area contributed by atoms with Gasteiger partial charge >= 0.3 is 0 Å². The third-order valence-electron chi connectivity index (χ3n) is 3.74. The SMILES string of the molecule is Cc1c(C(=O)Nc2ccc(OCCO)cc2)cnn1CCC(C)C. The summed E-state index contributed by atoms with van der Waals surface area (Å²) in [5, 5.41) is 15.9. The summed E-state index contributed by atoms with van der Waals surface area (Å²) in [7, 11) is 0. The second-order valence-electron chi connectivity index (χ2n) is 6.10.